The molecule has 1 N–H and O–H groups in total. The van der Waals surface area contributed by atoms with Gasteiger partial charge < -0.3 is 10.1 Å². The fraction of sp³-hybridized carbons (Fsp3) is 0.667. The molecule has 1 saturated heterocycles. The third kappa shape index (κ3) is 3.84. The number of halogens is 4. The first-order valence-electron chi connectivity index (χ1n) is 7.38. The van der Waals surface area contributed by atoms with Crippen LogP contribution >= 0.6 is 12.4 Å². The van der Waals surface area contributed by atoms with Crippen molar-refractivity contribution in [3.05, 3.63) is 23.9 Å². The minimum atomic E-state index is -4.35. The second kappa shape index (κ2) is 6.62. The molecule has 2 heterocycles. The largest absolute Gasteiger partial charge is 0.474 e. The van der Waals surface area contributed by atoms with Gasteiger partial charge >= 0.3 is 6.18 Å². The fourth-order valence-electron chi connectivity index (χ4n) is 3.49. The number of aromatic nitrogens is 1. The molecule has 1 saturated carbocycles. The number of ether oxygens (including phenoxy) is 1. The highest BCUT2D eigenvalue weighted by atomic mass is 35.5. The third-order valence-electron chi connectivity index (χ3n) is 4.67. The van der Waals surface area contributed by atoms with Gasteiger partial charge in [0.15, 0.2) is 0 Å². The molecule has 0 amide bonds. The van der Waals surface area contributed by atoms with E-state index in [1.54, 1.807) is 0 Å². The van der Waals surface area contributed by atoms with Gasteiger partial charge in [-0.3, -0.25) is 0 Å². The van der Waals surface area contributed by atoms with Crippen molar-refractivity contribution in [2.45, 2.75) is 44.4 Å². The molecule has 0 bridgehead atoms. The Balaban J connectivity index is 0.00000176. The van der Waals surface area contributed by atoms with Gasteiger partial charge in [-0.25, -0.2) is 4.98 Å². The van der Waals surface area contributed by atoms with E-state index < -0.39 is 11.7 Å². The van der Waals surface area contributed by atoms with Gasteiger partial charge in [0.2, 0.25) is 5.88 Å². The summed E-state index contributed by atoms with van der Waals surface area (Å²) in [6.45, 7) is 2.04. The minimum Gasteiger partial charge on any atom is -0.474 e. The number of pyridine rings is 1. The SMILES string of the molecule is Cl.FC(F)(F)c1ccnc(OC2CCC3(CCNCC3)C2)c1. The van der Waals surface area contributed by atoms with Gasteiger partial charge in [0.05, 0.1) is 5.56 Å². The molecule has 1 aliphatic heterocycles. The number of nitrogens with one attached hydrogen (secondary N) is 1. The van der Waals surface area contributed by atoms with Crippen LogP contribution in [0.15, 0.2) is 18.3 Å². The van der Waals surface area contributed by atoms with Crippen LogP contribution in [0.3, 0.4) is 0 Å². The third-order valence-corrected chi connectivity index (χ3v) is 4.67. The predicted octanol–water partition coefficient (Wildman–Crippen LogP) is 3.82. The van der Waals surface area contributed by atoms with Crippen molar-refractivity contribution in [2.24, 2.45) is 5.41 Å². The first kappa shape index (κ1) is 17.3. The second-order valence-corrected chi connectivity index (χ2v) is 6.11. The van der Waals surface area contributed by atoms with E-state index in [0.29, 0.717) is 5.41 Å². The van der Waals surface area contributed by atoms with Crippen molar-refractivity contribution in [1.29, 1.82) is 0 Å². The molecule has 0 radical (unpaired) electrons. The Labute approximate surface area is 134 Å². The van der Waals surface area contributed by atoms with Crippen LogP contribution in [0.1, 0.15) is 37.7 Å². The van der Waals surface area contributed by atoms with Gasteiger partial charge in [-0.15, -0.1) is 12.4 Å². The van der Waals surface area contributed by atoms with E-state index >= 15 is 0 Å². The van der Waals surface area contributed by atoms with Crippen LogP contribution < -0.4 is 10.1 Å². The average Bonchev–Trinajstić information content (AvgIpc) is 2.81. The van der Waals surface area contributed by atoms with Gasteiger partial charge in [0.1, 0.15) is 6.10 Å². The lowest BCUT2D eigenvalue weighted by Crippen LogP contribution is -2.35. The number of alkyl halides is 3. The highest BCUT2D eigenvalue weighted by Gasteiger charge is 2.41. The Morgan fingerprint density at radius 3 is 2.64 bits per heavy atom. The predicted molar refractivity (Wildman–Crippen MR) is 79.3 cm³/mol. The van der Waals surface area contributed by atoms with E-state index in [9.17, 15) is 13.2 Å². The first-order chi connectivity index (χ1) is 9.97. The quantitative estimate of drug-likeness (QED) is 0.891. The summed E-state index contributed by atoms with van der Waals surface area (Å²) < 4.78 is 43.7. The number of rotatable bonds is 2. The lowest BCUT2D eigenvalue weighted by atomic mass is 9.77. The topological polar surface area (TPSA) is 34.1 Å². The van der Waals surface area contributed by atoms with E-state index in [2.05, 4.69) is 10.3 Å². The van der Waals surface area contributed by atoms with Crippen molar-refractivity contribution >= 4 is 12.4 Å². The van der Waals surface area contributed by atoms with E-state index in [0.717, 1.165) is 63.5 Å². The molecule has 1 aromatic rings. The van der Waals surface area contributed by atoms with E-state index in [4.69, 9.17) is 4.74 Å². The summed E-state index contributed by atoms with van der Waals surface area (Å²) in [5.74, 6) is 0.0841. The van der Waals surface area contributed by atoms with Crippen LogP contribution in [0.4, 0.5) is 13.2 Å². The molecule has 2 fully saturated rings. The molecule has 3 rings (SSSR count). The zero-order valence-electron chi connectivity index (χ0n) is 12.2. The Hall–Kier alpha value is -1.01. The molecule has 3 nitrogen and oxygen atoms in total. The van der Waals surface area contributed by atoms with Gasteiger partial charge in [0, 0.05) is 12.3 Å². The molecule has 124 valence electrons. The first-order valence-corrected chi connectivity index (χ1v) is 7.38. The van der Waals surface area contributed by atoms with Crippen LogP contribution in [0.2, 0.25) is 0 Å². The monoisotopic (exact) mass is 336 g/mol. The van der Waals surface area contributed by atoms with Crippen LogP contribution in [-0.2, 0) is 6.18 Å². The normalized spacial score (nSPS) is 24.0. The van der Waals surface area contributed by atoms with E-state index in [-0.39, 0.29) is 24.4 Å². The molecular formula is C15H20ClF3N2O. The second-order valence-electron chi connectivity index (χ2n) is 6.11. The maximum Gasteiger partial charge on any atom is 0.416 e. The molecule has 0 aromatic carbocycles. The van der Waals surface area contributed by atoms with Crippen LogP contribution in [0.25, 0.3) is 0 Å². The molecule has 1 aliphatic carbocycles. The summed E-state index contributed by atoms with van der Waals surface area (Å²) in [6.07, 6.45) is 1.97. The fourth-order valence-corrected chi connectivity index (χ4v) is 3.49. The van der Waals surface area contributed by atoms with E-state index in [1.165, 1.54) is 0 Å². The average molecular weight is 337 g/mol. The van der Waals surface area contributed by atoms with Crippen molar-refractivity contribution < 1.29 is 17.9 Å². The molecule has 1 aromatic heterocycles. The van der Waals surface area contributed by atoms with Crippen LogP contribution in [0.5, 0.6) is 5.88 Å². The lowest BCUT2D eigenvalue weighted by molar-refractivity contribution is -0.137. The molecule has 22 heavy (non-hydrogen) atoms. The van der Waals surface area contributed by atoms with Gasteiger partial charge in [-0.1, -0.05) is 0 Å². The summed E-state index contributed by atoms with van der Waals surface area (Å²) >= 11 is 0. The molecular weight excluding hydrogens is 317 g/mol. The van der Waals surface area contributed by atoms with Crippen molar-refractivity contribution in [3.8, 4) is 5.88 Å². The Morgan fingerprint density at radius 1 is 1.23 bits per heavy atom. The van der Waals surface area contributed by atoms with Crippen LogP contribution in [-0.4, -0.2) is 24.2 Å². The Kier molecular flexibility index (Phi) is 5.22. The summed E-state index contributed by atoms with van der Waals surface area (Å²) in [5, 5.41) is 3.35. The highest BCUT2D eigenvalue weighted by molar-refractivity contribution is 5.85. The zero-order chi connectivity index (χ0) is 14.9. The van der Waals surface area contributed by atoms with Gasteiger partial charge in [-0.05, 0) is 56.7 Å². The maximum absolute atomic E-state index is 12.7. The molecule has 1 spiro atoms. The van der Waals surface area contributed by atoms with Gasteiger partial charge in [0.25, 0.3) is 0 Å². The molecule has 2 aliphatic rings. The van der Waals surface area contributed by atoms with Crippen molar-refractivity contribution in [2.75, 3.05) is 13.1 Å². The smallest absolute Gasteiger partial charge is 0.416 e. The molecule has 1 unspecified atom stereocenters. The number of piperidine rings is 1. The number of hydrogen-bond donors (Lipinski definition) is 1. The zero-order valence-corrected chi connectivity index (χ0v) is 13.0. The summed E-state index contributed by atoms with van der Waals surface area (Å²) in [7, 11) is 0. The summed E-state index contributed by atoms with van der Waals surface area (Å²) in [6, 6.07) is 1.96. The maximum atomic E-state index is 12.7. The summed E-state index contributed by atoms with van der Waals surface area (Å²) in [4.78, 5) is 3.92. The van der Waals surface area contributed by atoms with E-state index in [1.807, 2.05) is 0 Å². The molecule has 7 heteroatoms. The standard InChI is InChI=1S/C15H19F3N2O.ClH/c16-15(17,18)11-2-6-20-13(9-11)21-12-1-3-14(10-12)4-7-19-8-5-14;/h2,6,9,12,19H,1,3-5,7-8,10H2;1H. The van der Waals surface area contributed by atoms with Crippen LogP contribution in [0, 0.1) is 5.41 Å². The molecule has 1 atom stereocenters. The minimum absolute atomic E-state index is 0. The van der Waals surface area contributed by atoms with Crippen molar-refractivity contribution in [3.63, 3.8) is 0 Å². The van der Waals surface area contributed by atoms with Crippen molar-refractivity contribution in [1.82, 2.24) is 10.3 Å². The number of nitrogens with zero attached hydrogens (tertiary/aromatic N) is 1. The van der Waals surface area contributed by atoms with Gasteiger partial charge in [-0.2, -0.15) is 13.2 Å². The Bertz CT molecular complexity index is 504. The lowest BCUT2D eigenvalue weighted by Gasteiger charge is -2.33. The summed E-state index contributed by atoms with van der Waals surface area (Å²) in [5.41, 5.74) is -0.389. The number of hydrogen-bond acceptors (Lipinski definition) is 3. The Morgan fingerprint density at radius 2 is 1.95 bits per heavy atom. The highest BCUT2D eigenvalue weighted by Crippen LogP contribution is 2.46.